The minimum Gasteiger partial charge on any atom is -0.421 e. The molecule has 1 aromatic heterocycles. The Labute approximate surface area is 208 Å². The SMILES string of the molecule is CC(=O)Nc1c(C)cc(C)cc1OC(=O)c1cncc(C(=O)Oc2cc(C)cc(C)c2NC(C)=O)c1. The van der Waals surface area contributed by atoms with Crippen LogP contribution in [0.5, 0.6) is 11.5 Å². The van der Waals surface area contributed by atoms with Gasteiger partial charge in [0.25, 0.3) is 0 Å². The number of aromatic nitrogens is 1. The zero-order valence-corrected chi connectivity index (χ0v) is 20.9. The van der Waals surface area contributed by atoms with Gasteiger partial charge >= 0.3 is 11.9 Å². The molecule has 3 aromatic rings. The Morgan fingerprint density at radius 2 is 1.03 bits per heavy atom. The topological polar surface area (TPSA) is 124 Å². The second-order valence-electron chi connectivity index (χ2n) is 8.51. The normalized spacial score (nSPS) is 10.4. The van der Waals surface area contributed by atoms with Crippen molar-refractivity contribution in [3.05, 3.63) is 76.1 Å². The molecule has 186 valence electrons. The Morgan fingerprint density at radius 1 is 0.639 bits per heavy atom. The summed E-state index contributed by atoms with van der Waals surface area (Å²) >= 11 is 0. The first-order chi connectivity index (χ1) is 16.9. The lowest BCUT2D eigenvalue weighted by Gasteiger charge is -2.15. The first kappa shape index (κ1) is 26.1. The summed E-state index contributed by atoms with van der Waals surface area (Å²) in [5.41, 5.74) is 3.92. The van der Waals surface area contributed by atoms with Crippen molar-refractivity contribution in [1.29, 1.82) is 0 Å². The minimum absolute atomic E-state index is 0.0138. The van der Waals surface area contributed by atoms with Crippen LogP contribution in [-0.2, 0) is 9.59 Å². The number of amides is 2. The van der Waals surface area contributed by atoms with Crippen LogP contribution in [0.2, 0.25) is 0 Å². The smallest absolute Gasteiger partial charge is 0.345 e. The standard InChI is InChI=1S/C27H27N3O6/c1-14-7-16(3)24(29-18(5)31)22(9-14)35-26(33)20-11-21(13-28-12-20)27(34)36-23-10-15(2)8-17(4)25(23)30-19(6)32/h7-13H,1-6H3,(H,29,31)(H,30,32). The number of hydrogen-bond donors (Lipinski definition) is 2. The summed E-state index contributed by atoms with van der Waals surface area (Å²) in [4.78, 5) is 53.0. The molecule has 0 saturated heterocycles. The van der Waals surface area contributed by atoms with E-state index < -0.39 is 11.9 Å². The molecule has 0 aliphatic carbocycles. The van der Waals surface area contributed by atoms with E-state index in [1.165, 1.54) is 32.3 Å². The zero-order chi connectivity index (χ0) is 26.6. The number of pyridine rings is 1. The quantitative estimate of drug-likeness (QED) is 0.381. The molecule has 9 heteroatoms. The van der Waals surface area contributed by atoms with Crippen LogP contribution in [0.1, 0.15) is 56.8 Å². The molecule has 1 heterocycles. The molecular formula is C27H27N3O6. The van der Waals surface area contributed by atoms with Crippen molar-refractivity contribution in [1.82, 2.24) is 4.98 Å². The summed E-state index contributed by atoms with van der Waals surface area (Å²) in [5.74, 6) is -1.80. The summed E-state index contributed by atoms with van der Waals surface area (Å²) in [6.07, 6.45) is 2.53. The van der Waals surface area contributed by atoms with Crippen LogP contribution in [0, 0.1) is 27.7 Å². The fraction of sp³-hybridized carbons (Fsp3) is 0.222. The van der Waals surface area contributed by atoms with Crippen molar-refractivity contribution in [2.45, 2.75) is 41.5 Å². The summed E-state index contributed by atoms with van der Waals surface area (Å²) in [6.45, 7) is 9.96. The molecule has 0 bridgehead atoms. The van der Waals surface area contributed by atoms with E-state index >= 15 is 0 Å². The maximum atomic E-state index is 12.9. The summed E-state index contributed by atoms with van der Waals surface area (Å²) in [5, 5.41) is 5.35. The highest BCUT2D eigenvalue weighted by molar-refractivity contribution is 5.99. The van der Waals surface area contributed by atoms with Gasteiger partial charge < -0.3 is 20.1 Å². The first-order valence-electron chi connectivity index (χ1n) is 11.1. The number of esters is 2. The van der Waals surface area contributed by atoms with Crippen LogP contribution < -0.4 is 20.1 Å². The van der Waals surface area contributed by atoms with Crippen molar-refractivity contribution in [3.63, 3.8) is 0 Å². The van der Waals surface area contributed by atoms with E-state index in [2.05, 4.69) is 15.6 Å². The molecule has 2 amide bonds. The van der Waals surface area contributed by atoms with Gasteiger partial charge in [-0.15, -0.1) is 0 Å². The first-order valence-corrected chi connectivity index (χ1v) is 11.1. The number of hydrogen-bond acceptors (Lipinski definition) is 7. The monoisotopic (exact) mass is 489 g/mol. The minimum atomic E-state index is -0.765. The Kier molecular flexibility index (Phi) is 7.83. The second kappa shape index (κ2) is 10.8. The van der Waals surface area contributed by atoms with Gasteiger partial charge in [-0.3, -0.25) is 14.6 Å². The Hall–Kier alpha value is -4.53. The second-order valence-corrected chi connectivity index (χ2v) is 8.51. The van der Waals surface area contributed by atoms with E-state index in [0.29, 0.717) is 11.4 Å². The van der Waals surface area contributed by atoms with Gasteiger partial charge in [0, 0.05) is 26.2 Å². The molecule has 2 N–H and O–H groups in total. The van der Waals surface area contributed by atoms with Gasteiger partial charge in [-0.2, -0.15) is 0 Å². The van der Waals surface area contributed by atoms with Crippen LogP contribution >= 0.6 is 0 Å². The highest BCUT2D eigenvalue weighted by Crippen LogP contribution is 2.32. The highest BCUT2D eigenvalue weighted by atomic mass is 16.5. The van der Waals surface area contributed by atoms with Crippen molar-refractivity contribution in [2.75, 3.05) is 10.6 Å². The molecule has 3 rings (SSSR count). The third-order valence-electron chi connectivity index (χ3n) is 5.10. The Morgan fingerprint density at radius 3 is 1.39 bits per heavy atom. The molecule has 0 aliphatic heterocycles. The molecule has 0 spiro atoms. The molecule has 0 unspecified atom stereocenters. The van der Waals surface area contributed by atoms with Crippen molar-refractivity contribution < 1.29 is 28.7 Å². The highest BCUT2D eigenvalue weighted by Gasteiger charge is 2.19. The van der Waals surface area contributed by atoms with Gasteiger partial charge in [0.1, 0.15) is 0 Å². The lowest BCUT2D eigenvalue weighted by molar-refractivity contribution is -0.115. The number of carbonyl (C=O) groups excluding carboxylic acids is 4. The van der Waals surface area contributed by atoms with Gasteiger partial charge in [-0.25, -0.2) is 9.59 Å². The number of nitrogens with one attached hydrogen (secondary N) is 2. The van der Waals surface area contributed by atoms with Crippen LogP contribution in [-0.4, -0.2) is 28.7 Å². The van der Waals surface area contributed by atoms with Crippen molar-refractivity contribution in [2.24, 2.45) is 0 Å². The number of nitrogens with zero attached hydrogens (tertiary/aromatic N) is 1. The third kappa shape index (κ3) is 6.32. The molecule has 2 aromatic carbocycles. The van der Waals surface area contributed by atoms with E-state index in [9.17, 15) is 19.2 Å². The maximum Gasteiger partial charge on any atom is 0.345 e. The average Bonchev–Trinajstić information content (AvgIpc) is 2.78. The van der Waals surface area contributed by atoms with Crippen LogP contribution in [0.25, 0.3) is 0 Å². The Bertz CT molecular complexity index is 1280. The molecule has 0 fully saturated rings. The molecular weight excluding hydrogens is 462 g/mol. The number of anilines is 2. The van der Waals surface area contributed by atoms with Gasteiger partial charge in [0.05, 0.1) is 22.5 Å². The molecule has 9 nitrogen and oxygen atoms in total. The van der Waals surface area contributed by atoms with E-state index in [1.807, 2.05) is 26.0 Å². The van der Waals surface area contributed by atoms with Crippen LogP contribution in [0.3, 0.4) is 0 Å². The van der Waals surface area contributed by atoms with E-state index in [1.54, 1.807) is 26.0 Å². The summed E-state index contributed by atoms with van der Waals surface area (Å²) in [6, 6.07) is 8.27. The lowest BCUT2D eigenvalue weighted by Crippen LogP contribution is -2.16. The van der Waals surface area contributed by atoms with Crippen molar-refractivity contribution in [3.8, 4) is 11.5 Å². The van der Waals surface area contributed by atoms with Crippen LogP contribution in [0.4, 0.5) is 11.4 Å². The molecule has 0 atom stereocenters. The third-order valence-corrected chi connectivity index (χ3v) is 5.10. The molecule has 0 aliphatic rings. The summed E-state index contributed by atoms with van der Waals surface area (Å²) in [7, 11) is 0. The fourth-order valence-electron chi connectivity index (χ4n) is 3.67. The van der Waals surface area contributed by atoms with Gasteiger partial charge in [0.15, 0.2) is 11.5 Å². The van der Waals surface area contributed by atoms with Gasteiger partial charge in [-0.1, -0.05) is 12.1 Å². The number of aryl methyl sites for hydroxylation is 4. The number of carbonyl (C=O) groups is 4. The van der Waals surface area contributed by atoms with Gasteiger partial charge in [0.2, 0.25) is 11.8 Å². The average molecular weight is 490 g/mol. The van der Waals surface area contributed by atoms with E-state index in [4.69, 9.17) is 9.47 Å². The van der Waals surface area contributed by atoms with Gasteiger partial charge in [-0.05, 0) is 68.1 Å². The number of benzene rings is 2. The number of rotatable bonds is 6. The van der Waals surface area contributed by atoms with Crippen LogP contribution in [0.15, 0.2) is 42.7 Å². The molecule has 36 heavy (non-hydrogen) atoms. The molecule has 0 radical (unpaired) electrons. The molecule has 0 saturated carbocycles. The maximum absolute atomic E-state index is 12.9. The van der Waals surface area contributed by atoms with E-state index in [-0.39, 0.29) is 34.4 Å². The fourth-order valence-corrected chi connectivity index (χ4v) is 3.67. The zero-order valence-electron chi connectivity index (χ0n) is 20.9. The largest absolute Gasteiger partial charge is 0.421 e. The predicted molar refractivity (Wildman–Crippen MR) is 135 cm³/mol. The van der Waals surface area contributed by atoms with Crippen molar-refractivity contribution >= 4 is 35.1 Å². The number of ether oxygens (including phenoxy) is 2. The van der Waals surface area contributed by atoms with E-state index in [0.717, 1.165) is 22.3 Å². The summed E-state index contributed by atoms with van der Waals surface area (Å²) < 4.78 is 11.1. The Balaban J connectivity index is 1.87. The predicted octanol–water partition coefficient (Wildman–Crippen LogP) is 4.67. The lowest BCUT2D eigenvalue weighted by atomic mass is 10.1.